The summed E-state index contributed by atoms with van der Waals surface area (Å²) in [4.78, 5) is 0. The summed E-state index contributed by atoms with van der Waals surface area (Å²) in [6, 6.07) is 12.7. The lowest BCUT2D eigenvalue weighted by atomic mass is 9.89. The molecule has 0 fully saturated rings. The summed E-state index contributed by atoms with van der Waals surface area (Å²) in [5, 5.41) is 3.14. The van der Waals surface area contributed by atoms with Crippen LogP contribution in [0.15, 0.2) is 36.4 Å². The molecule has 0 aliphatic carbocycles. The standard InChI is InChI=1S/C19H22ClNO2/c1-3-22-17-11-13-8-9-21-19(14-6-5-7-15(20)10-14)16(13)12-18(17)23-4-2/h5-7,10-12,19,21H,3-4,8-9H2,1-2H3/p+1/t19-/m1/s1. The highest BCUT2D eigenvalue weighted by Crippen LogP contribution is 2.36. The largest absolute Gasteiger partial charge is 0.490 e. The van der Waals surface area contributed by atoms with Gasteiger partial charge in [-0.15, -0.1) is 0 Å². The number of quaternary nitrogens is 1. The van der Waals surface area contributed by atoms with E-state index in [1.165, 1.54) is 16.7 Å². The molecule has 0 bridgehead atoms. The predicted molar refractivity (Wildman–Crippen MR) is 92.6 cm³/mol. The van der Waals surface area contributed by atoms with Crippen molar-refractivity contribution in [1.29, 1.82) is 0 Å². The van der Waals surface area contributed by atoms with Crippen molar-refractivity contribution < 1.29 is 14.8 Å². The van der Waals surface area contributed by atoms with Crippen LogP contribution in [0.25, 0.3) is 0 Å². The first-order valence-electron chi connectivity index (χ1n) is 8.24. The number of ether oxygens (including phenoxy) is 2. The minimum absolute atomic E-state index is 0.257. The van der Waals surface area contributed by atoms with Crippen LogP contribution in [-0.2, 0) is 6.42 Å². The summed E-state index contributed by atoms with van der Waals surface area (Å²) in [5.74, 6) is 1.68. The van der Waals surface area contributed by atoms with Crippen molar-refractivity contribution in [2.45, 2.75) is 26.3 Å². The zero-order valence-electron chi connectivity index (χ0n) is 13.6. The van der Waals surface area contributed by atoms with Crippen molar-refractivity contribution in [3.63, 3.8) is 0 Å². The van der Waals surface area contributed by atoms with Crippen LogP contribution in [-0.4, -0.2) is 19.8 Å². The molecule has 3 nitrogen and oxygen atoms in total. The fourth-order valence-corrected chi connectivity index (χ4v) is 3.41. The minimum Gasteiger partial charge on any atom is -0.490 e. The van der Waals surface area contributed by atoms with E-state index in [1.54, 1.807) is 0 Å². The van der Waals surface area contributed by atoms with E-state index in [1.807, 2.05) is 26.0 Å². The molecule has 0 aromatic heterocycles. The van der Waals surface area contributed by atoms with Gasteiger partial charge >= 0.3 is 0 Å². The Hall–Kier alpha value is -1.71. The molecule has 2 aromatic rings. The van der Waals surface area contributed by atoms with Crippen LogP contribution in [0, 0.1) is 0 Å². The number of halogens is 1. The number of hydrogen-bond donors (Lipinski definition) is 1. The molecular weight excluding hydrogens is 310 g/mol. The van der Waals surface area contributed by atoms with Gasteiger partial charge in [0.25, 0.3) is 0 Å². The Morgan fingerprint density at radius 2 is 1.83 bits per heavy atom. The zero-order chi connectivity index (χ0) is 16.2. The Labute approximate surface area is 142 Å². The lowest BCUT2D eigenvalue weighted by Crippen LogP contribution is -2.87. The zero-order valence-corrected chi connectivity index (χ0v) is 14.4. The Morgan fingerprint density at radius 3 is 2.52 bits per heavy atom. The molecule has 2 aromatic carbocycles. The van der Waals surface area contributed by atoms with Gasteiger partial charge in [-0.05, 0) is 43.7 Å². The third-order valence-electron chi connectivity index (χ3n) is 4.16. The van der Waals surface area contributed by atoms with E-state index in [-0.39, 0.29) is 6.04 Å². The van der Waals surface area contributed by atoms with Crippen LogP contribution in [0.4, 0.5) is 0 Å². The highest BCUT2D eigenvalue weighted by Gasteiger charge is 2.27. The maximum atomic E-state index is 6.18. The van der Waals surface area contributed by atoms with Gasteiger partial charge in [-0.3, -0.25) is 0 Å². The monoisotopic (exact) mass is 332 g/mol. The van der Waals surface area contributed by atoms with Crippen LogP contribution in [0.2, 0.25) is 5.02 Å². The number of hydrogen-bond acceptors (Lipinski definition) is 2. The lowest BCUT2D eigenvalue weighted by Gasteiger charge is -2.26. The fraction of sp³-hybridized carbons (Fsp3) is 0.368. The molecule has 0 saturated carbocycles. The molecular formula is C19H23ClNO2+. The van der Waals surface area contributed by atoms with Gasteiger partial charge < -0.3 is 14.8 Å². The molecule has 0 radical (unpaired) electrons. The number of nitrogens with two attached hydrogens (primary N) is 1. The minimum atomic E-state index is 0.257. The number of fused-ring (bicyclic) bond motifs is 1. The predicted octanol–water partition coefficient (Wildman–Crippen LogP) is 3.35. The smallest absolute Gasteiger partial charge is 0.161 e. The van der Waals surface area contributed by atoms with Gasteiger partial charge in [-0.25, -0.2) is 0 Å². The van der Waals surface area contributed by atoms with E-state index in [0.717, 1.165) is 29.5 Å². The van der Waals surface area contributed by atoms with Crippen molar-refractivity contribution in [1.82, 2.24) is 0 Å². The Kier molecular flexibility index (Phi) is 5.09. The Balaban J connectivity index is 2.05. The molecule has 0 unspecified atom stereocenters. The van der Waals surface area contributed by atoms with Crippen LogP contribution < -0.4 is 14.8 Å². The van der Waals surface area contributed by atoms with Crippen LogP contribution >= 0.6 is 11.6 Å². The first-order chi connectivity index (χ1) is 11.2. The maximum Gasteiger partial charge on any atom is 0.161 e. The number of rotatable bonds is 5. The van der Waals surface area contributed by atoms with Crippen molar-refractivity contribution in [2.24, 2.45) is 0 Å². The third-order valence-corrected chi connectivity index (χ3v) is 4.40. The molecule has 3 rings (SSSR count). The van der Waals surface area contributed by atoms with E-state index >= 15 is 0 Å². The van der Waals surface area contributed by atoms with E-state index in [2.05, 4.69) is 29.6 Å². The average Bonchev–Trinajstić information content (AvgIpc) is 2.55. The molecule has 23 heavy (non-hydrogen) atoms. The lowest BCUT2D eigenvalue weighted by molar-refractivity contribution is -0.690. The quantitative estimate of drug-likeness (QED) is 0.911. The van der Waals surface area contributed by atoms with Crippen LogP contribution in [0.5, 0.6) is 11.5 Å². The summed E-state index contributed by atoms with van der Waals surface area (Å²) < 4.78 is 11.6. The van der Waals surface area contributed by atoms with Gasteiger partial charge in [-0.1, -0.05) is 23.7 Å². The second kappa shape index (κ2) is 7.24. The summed E-state index contributed by atoms with van der Waals surface area (Å²) in [7, 11) is 0. The molecule has 4 heteroatoms. The molecule has 1 aliphatic heterocycles. The van der Waals surface area contributed by atoms with Crippen molar-refractivity contribution in [3.05, 3.63) is 58.1 Å². The van der Waals surface area contributed by atoms with E-state index in [9.17, 15) is 0 Å². The molecule has 0 spiro atoms. The average molecular weight is 333 g/mol. The molecule has 2 N–H and O–H groups in total. The van der Waals surface area contributed by atoms with E-state index in [0.29, 0.717) is 13.2 Å². The first kappa shape index (κ1) is 16.2. The van der Waals surface area contributed by atoms with E-state index in [4.69, 9.17) is 21.1 Å². The Bertz CT molecular complexity index is 687. The maximum absolute atomic E-state index is 6.18. The van der Waals surface area contributed by atoms with Crippen molar-refractivity contribution in [2.75, 3.05) is 19.8 Å². The SMILES string of the molecule is CCOc1cc2c(cc1OCC)[C@@H](c1cccc(Cl)c1)[NH2+]CC2. The Morgan fingerprint density at radius 1 is 1.09 bits per heavy atom. The molecule has 1 atom stereocenters. The second-order valence-corrected chi connectivity index (χ2v) is 6.11. The highest BCUT2D eigenvalue weighted by atomic mass is 35.5. The van der Waals surface area contributed by atoms with Crippen LogP contribution in [0.1, 0.15) is 36.6 Å². The molecule has 1 heterocycles. The van der Waals surface area contributed by atoms with E-state index < -0.39 is 0 Å². The fourth-order valence-electron chi connectivity index (χ4n) is 3.21. The topological polar surface area (TPSA) is 35.1 Å². The van der Waals surface area contributed by atoms with Gasteiger partial charge in [-0.2, -0.15) is 0 Å². The van der Waals surface area contributed by atoms with Gasteiger partial charge in [0.05, 0.1) is 19.8 Å². The van der Waals surface area contributed by atoms with Gasteiger partial charge in [0.15, 0.2) is 11.5 Å². The summed E-state index contributed by atoms with van der Waals surface area (Å²) in [5.41, 5.74) is 3.86. The molecule has 0 saturated heterocycles. The summed E-state index contributed by atoms with van der Waals surface area (Å²) >= 11 is 6.18. The summed E-state index contributed by atoms with van der Waals surface area (Å²) in [6.45, 7) is 6.32. The van der Waals surface area contributed by atoms with Crippen LogP contribution in [0.3, 0.4) is 0 Å². The summed E-state index contributed by atoms with van der Waals surface area (Å²) in [6.07, 6.45) is 1.04. The number of benzene rings is 2. The van der Waals surface area contributed by atoms with Gasteiger partial charge in [0, 0.05) is 22.6 Å². The first-order valence-corrected chi connectivity index (χ1v) is 8.62. The van der Waals surface area contributed by atoms with Crippen molar-refractivity contribution >= 4 is 11.6 Å². The molecule has 1 aliphatic rings. The highest BCUT2D eigenvalue weighted by molar-refractivity contribution is 6.30. The van der Waals surface area contributed by atoms with Gasteiger partial charge in [0.1, 0.15) is 6.04 Å². The van der Waals surface area contributed by atoms with Crippen molar-refractivity contribution in [3.8, 4) is 11.5 Å². The third kappa shape index (κ3) is 3.46. The molecule has 0 amide bonds. The molecule has 122 valence electrons. The second-order valence-electron chi connectivity index (χ2n) is 5.67. The normalized spacial score (nSPS) is 16.7. The van der Waals surface area contributed by atoms with Gasteiger partial charge in [0.2, 0.25) is 0 Å².